The highest BCUT2D eigenvalue weighted by Gasteiger charge is 2.10. The topological polar surface area (TPSA) is 66.8 Å². The zero-order valence-corrected chi connectivity index (χ0v) is 17.6. The van der Waals surface area contributed by atoms with Gasteiger partial charge >= 0.3 is 5.97 Å². The molecule has 0 fully saturated rings. The van der Waals surface area contributed by atoms with E-state index in [1.807, 2.05) is 18.2 Å². The van der Waals surface area contributed by atoms with Gasteiger partial charge in [-0.05, 0) is 104 Å². The highest BCUT2D eigenvalue weighted by atomic mass is 127. The Balaban J connectivity index is 2.18. The third kappa shape index (κ3) is 4.85. The second-order valence-corrected chi connectivity index (χ2v) is 7.98. The van der Waals surface area contributed by atoms with Gasteiger partial charge in [0.05, 0.1) is 10.7 Å². The molecule has 7 heteroatoms. The summed E-state index contributed by atoms with van der Waals surface area (Å²) in [6.45, 7) is 0. The van der Waals surface area contributed by atoms with E-state index < -0.39 is 5.97 Å². The molecule has 0 heterocycles. The van der Waals surface area contributed by atoms with Crippen LogP contribution in [-0.4, -0.2) is 16.2 Å². The van der Waals surface area contributed by atoms with Crippen molar-refractivity contribution in [3.05, 3.63) is 46.6 Å². The van der Waals surface area contributed by atoms with E-state index >= 15 is 0 Å². The number of phenols is 1. The number of aryl methyl sites for hydroxylation is 1. The first-order chi connectivity index (χ1) is 10.4. The van der Waals surface area contributed by atoms with Gasteiger partial charge in [0.2, 0.25) is 0 Å². The molecule has 0 aliphatic heterocycles. The quantitative estimate of drug-likeness (QED) is 0.454. The monoisotopic (exact) mass is 636 g/mol. The van der Waals surface area contributed by atoms with Crippen LogP contribution in [0.15, 0.2) is 30.3 Å². The van der Waals surface area contributed by atoms with Gasteiger partial charge in [-0.25, -0.2) is 0 Å². The molecule has 0 radical (unpaired) electrons. The van der Waals surface area contributed by atoms with E-state index in [-0.39, 0.29) is 12.2 Å². The van der Waals surface area contributed by atoms with Crippen LogP contribution >= 0.6 is 67.8 Å². The summed E-state index contributed by atoms with van der Waals surface area (Å²) in [6, 6.07) is 9.18. The minimum absolute atomic E-state index is 0.116. The Hall–Kier alpha value is -0.300. The minimum atomic E-state index is -0.802. The number of phenolic OH excluding ortho intramolecular Hbond substituents is 1. The van der Waals surface area contributed by atoms with Crippen LogP contribution in [0.4, 0.5) is 0 Å². The highest BCUT2D eigenvalue weighted by molar-refractivity contribution is 14.1. The fourth-order valence-corrected chi connectivity index (χ4v) is 4.16. The van der Waals surface area contributed by atoms with E-state index in [4.69, 9.17) is 9.84 Å². The number of aliphatic carboxylic acids is 1. The lowest BCUT2D eigenvalue weighted by Crippen LogP contribution is -1.98. The molecule has 0 atom stereocenters. The van der Waals surface area contributed by atoms with Crippen LogP contribution in [0.1, 0.15) is 12.0 Å². The molecule has 0 bridgehead atoms. The highest BCUT2D eigenvalue weighted by Crippen LogP contribution is 2.34. The molecule has 22 heavy (non-hydrogen) atoms. The van der Waals surface area contributed by atoms with Crippen LogP contribution in [0.5, 0.6) is 17.2 Å². The largest absolute Gasteiger partial charge is 0.506 e. The lowest BCUT2D eigenvalue weighted by molar-refractivity contribution is -0.136. The minimum Gasteiger partial charge on any atom is -0.506 e. The van der Waals surface area contributed by atoms with Gasteiger partial charge in [-0.3, -0.25) is 4.79 Å². The maximum atomic E-state index is 10.6. The summed E-state index contributed by atoms with van der Waals surface area (Å²) < 4.78 is 8.24. The Labute approximate surface area is 168 Å². The molecule has 4 nitrogen and oxygen atoms in total. The standard InChI is InChI=1S/C15H11I3O4/c16-10-5-8(2-4-14(19)20)1-3-13(10)22-9-6-11(17)15(21)12(18)7-9/h1,3,5-7,21H,2,4H2,(H,19,20). The van der Waals surface area contributed by atoms with E-state index in [1.165, 1.54) is 0 Å². The van der Waals surface area contributed by atoms with Crippen molar-refractivity contribution >= 4 is 73.7 Å². The Bertz CT molecular complexity index is 693. The fourth-order valence-electron chi connectivity index (χ4n) is 1.76. The van der Waals surface area contributed by atoms with Crippen LogP contribution in [0.3, 0.4) is 0 Å². The lowest BCUT2D eigenvalue weighted by Gasteiger charge is -2.11. The van der Waals surface area contributed by atoms with Crippen molar-refractivity contribution in [2.75, 3.05) is 0 Å². The van der Waals surface area contributed by atoms with Gasteiger partial charge in [0.1, 0.15) is 17.2 Å². The summed E-state index contributed by atoms with van der Waals surface area (Å²) in [6.07, 6.45) is 0.616. The molecule has 2 N–H and O–H groups in total. The molecule has 0 saturated carbocycles. The maximum absolute atomic E-state index is 10.6. The van der Waals surface area contributed by atoms with E-state index in [0.29, 0.717) is 17.9 Å². The normalized spacial score (nSPS) is 10.5. The second kappa shape index (κ2) is 7.99. The molecule has 0 spiro atoms. The predicted molar refractivity (Wildman–Crippen MR) is 109 cm³/mol. The number of hydrogen-bond acceptors (Lipinski definition) is 3. The number of hydrogen-bond donors (Lipinski definition) is 2. The number of benzene rings is 2. The van der Waals surface area contributed by atoms with Crippen LogP contribution in [0.2, 0.25) is 0 Å². The van der Waals surface area contributed by atoms with E-state index in [2.05, 4.69) is 67.8 Å². The van der Waals surface area contributed by atoms with Gasteiger partial charge in [-0.1, -0.05) is 6.07 Å². The fraction of sp³-hybridized carbons (Fsp3) is 0.133. The molecule has 2 rings (SSSR count). The van der Waals surface area contributed by atoms with Crippen molar-refractivity contribution in [3.63, 3.8) is 0 Å². The first-order valence-electron chi connectivity index (χ1n) is 6.23. The van der Waals surface area contributed by atoms with Gasteiger partial charge in [-0.15, -0.1) is 0 Å². The number of carboxylic acids is 1. The van der Waals surface area contributed by atoms with E-state index in [0.717, 1.165) is 16.3 Å². The van der Waals surface area contributed by atoms with Crippen LogP contribution in [-0.2, 0) is 11.2 Å². The van der Waals surface area contributed by atoms with Crippen LogP contribution in [0, 0.1) is 10.7 Å². The van der Waals surface area contributed by atoms with Gasteiger partial charge in [0.15, 0.2) is 0 Å². The zero-order valence-electron chi connectivity index (χ0n) is 11.1. The third-order valence-electron chi connectivity index (χ3n) is 2.84. The molecule has 0 unspecified atom stereocenters. The first-order valence-corrected chi connectivity index (χ1v) is 9.46. The molecule has 116 valence electrons. The predicted octanol–water partition coefficient (Wildman–Crippen LogP) is 5.02. The van der Waals surface area contributed by atoms with Crippen molar-refractivity contribution < 1.29 is 19.7 Å². The summed E-state index contributed by atoms with van der Waals surface area (Å²) in [5.74, 6) is 0.815. The Morgan fingerprint density at radius 1 is 1.05 bits per heavy atom. The van der Waals surface area contributed by atoms with E-state index in [1.54, 1.807) is 12.1 Å². The molecular weight excluding hydrogens is 625 g/mol. The number of halogens is 3. The van der Waals surface area contributed by atoms with Crippen molar-refractivity contribution in [1.29, 1.82) is 0 Å². The molecule has 2 aromatic carbocycles. The molecule has 0 aliphatic rings. The maximum Gasteiger partial charge on any atom is 0.303 e. The summed E-state index contributed by atoms with van der Waals surface area (Å²) in [5, 5.41) is 18.5. The van der Waals surface area contributed by atoms with Crippen LogP contribution < -0.4 is 4.74 Å². The molecule has 0 aliphatic carbocycles. The Morgan fingerprint density at radius 2 is 1.68 bits per heavy atom. The number of rotatable bonds is 5. The summed E-state index contributed by atoms with van der Waals surface area (Å²) in [5.41, 5.74) is 0.967. The average molecular weight is 636 g/mol. The lowest BCUT2D eigenvalue weighted by atomic mass is 10.1. The van der Waals surface area contributed by atoms with E-state index in [9.17, 15) is 9.90 Å². The van der Waals surface area contributed by atoms with Gasteiger partial charge < -0.3 is 14.9 Å². The third-order valence-corrected chi connectivity index (χ3v) is 5.33. The smallest absolute Gasteiger partial charge is 0.303 e. The molecular formula is C15H11I3O4. The first kappa shape index (κ1) is 18.0. The van der Waals surface area contributed by atoms with Crippen molar-refractivity contribution in [1.82, 2.24) is 0 Å². The molecule has 2 aromatic rings. The van der Waals surface area contributed by atoms with Crippen LogP contribution in [0.25, 0.3) is 0 Å². The molecule has 0 amide bonds. The van der Waals surface area contributed by atoms with Crippen molar-refractivity contribution in [2.24, 2.45) is 0 Å². The zero-order chi connectivity index (χ0) is 16.3. The van der Waals surface area contributed by atoms with Gasteiger partial charge in [-0.2, -0.15) is 0 Å². The van der Waals surface area contributed by atoms with Crippen molar-refractivity contribution in [2.45, 2.75) is 12.8 Å². The number of aromatic hydroxyl groups is 1. The number of carbonyl (C=O) groups is 1. The second-order valence-electron chi connectivity index (χ2n) is 4.50. The number of carboxylic acid groups (broad SMARTS) is 1. The average Bonchev–Trinajstić information content (AvgIpc) is 2.45. The molecule has 0 saturated heterocycles. The Morgan fingerprint density at radius 3 is 2.23 bits per heavy atom. The van der Waals surface area contributed by atoms with Gasteiger partial charge in [0, 0.05) is 6.42 Å². The molecule has 0 aromatic heterocycles. The van der Waals surface area contributed by atoms with Gasteiger partial charge in [0.25, 0.3) is 0 Å². The SMILES string of the molecule is O=C(O)CCc1ccc(Oc2cc(I)c(O)c(I)c2)c(I)c1. The summed E-state index contributed by atoms with van der Waals surface area (Å²) >= 11 is 6.28. The summed E-state index contributed by atoms with van der Waals surface area (Å²) in [7, 11) is 0. The summed E-state index contributed by atoms with van der Waals surface area (Å²) in [4.78, 5) is 10.6. The number of ether oxygens (including phenoxy) is 1. The Kier molecular flexibility index (Phi) is 6.56. The van der Waals surface area contributed by atoms with Crippen molar-refractivity contribution in [3.8, 4) is 17.2 Å².